The van der Waals surface area contributed by atoms with Crippen molar-refractivity contribution in [3.63, 3.8) is 0 Å². The average molecular weight is 228 g/mol. The summed E-state index contributed by atoms with van der Waals surface area (Å²) in [6.07, 6.45) is 0.747. The molecule has 0 radical (unpaired) electrons. The third-order valence-corrected chi connectivity index (χ3v) is 2.13. The fraction of sp³-hybridized carbons (Fsp3) is 0.364. The zero-order valence-corrected chi connectivity index (χ0v) is 9.62. The smallest absolute Gasteiger partial charge is 0.153 e. The second-order valence-corrected chi connectivity index (χ2v) is 3.89. The first-order valence-electron chi connectivity index (χ1n) is 4.65. The van der Waals surface area contributed by atoms with Crippen LogP contribution in [0.15, 0.2) is 18.2 Å². The average Bonchev–Trinajstić information content (AvgIpc) is 2.19. The minimum Gasteiger partial charge on any atom is -0.492 e. The van der Waals surface area contributed by atoms with Gasteiger partial charge in [0.25, 0.3) is 0 Å². The van der Waals surface area contributed by atoms with E-state index in [1.165, 1.54) is 0 Å². The van der Waals surface area contributed by atoms with Gasteiger partial charge in [0.1, 0.15) is 12.4 Å². The van der Waals surface area contributed by atoms with Gasteiger partial charge in [0.2, 0.25) is 0 Å². The number of carbonyl (C=O) groups is 1. The van der Waals surface area contributed by atoms with Crippen molar-refractivity contribution < 1.29 is 9.53 Å². The third-order valence-electron chi connectivity index (χ3n) is 1.89. The Labute approximate surface area is 94.6 Å². The molecule has 0 spiro atoms. The first-order valence-corrected chi connectivity index (χ1v) is 5.03. The molecule has 1 aromatic rings. The molecule has 1 aromatic carbocycles. The summed E-state index contributed by atoms with van der Waals surface area (Å²) in [5, 5.41) is 0.539. The number of nitrogens with zero attached hydrogens (tertiary/aromatic N) is 1. The van der Waals surface area contributed by atoms with E-state index in [9.17, 15) is 4.79 Å². The maximum absolute atomic E-state index is 10.7. The SMILES string of the molecule is CN(C)CCOc1ccc(Cl)cc1C=O. The molecule has 0 saturated heterocycles. The van der Waals surface area contributed by atoms with Crippen molar-refractivity contribution in [2.75, 3.05) is 27.2 Å². The number of rotatable bonds is 5. The number of hydrogen-bond donors (Lipinski definition) is 0. The van der Waals surface area contributed by atoms with E-state index in [0.29, 0.717) is 22.9 Å². The molecule has 0 fully saturated rings. The predicted octanol–water partition coefficient (Wildman–Crippen LogP) is 2.09. The van der Waals surface area contributed by atoms with Crippen LogP contribution in [-0.2, 0) is 0 Å². The van der Waals surface area contributed by atoms with Crippen molar-refractivity contribution in [1.29, 1.82) is 0 Å². The Hall–Kier alpha value is -1.06. The fourth-order valence-electron chi connectivity index (χ4n) is 1.08. The maximum Gasteiger partial charge on any atom is 0.153 e. The molecule has 0 aliphatic heterocycles. The van der Waals surface area contributed by atoms with Gasteiger partial charge in [-0.3, -0.25) is 4.79 Å². The molecule has 1 rings (SSSR count). The van der Waals surface area contributed by atoms with E-state index in [1.807, 2.05) is 19.0 Å². The molecule has 4 heteroatoms. The Bertz CT molecular complexity index is 339. The van der Waals surface area contributed by atoms with Crippen LogP contribution in [0.25, 0.3) is 0 Å². The topological polar surface area (TPSA) is 29.5 Å². The number of likely N-dealkylation sites (N-methyl/N-ethyl adjacent to an activating group) is 1. The van der Waals surface area contributed by atoms with E-state index < -0.39 is 0 Å². The van der Waals surface area contributed by atoms with Crippen LogP contribution < -0.4 is 4.74 Å². The zero-order chi connectivity index (χ0) is 11.3. The van der Waals surface area contributed by atoms with Gasteiger partial charge in [0.15, 0.2) is 6.29 Å². The highest BCUT2D eigenvalue weighted by molar-refractivity contribution is 6.30. The molecule has 0 aliphatic carbocycles. The molecule has 82 valence electrons. The lowest BCUT2D eigenvalue weighted by Gasteiger charge is -2.12. The van der Waals surface area contributed by atoms with Crippen LogP contribution in [0.1, 0.15) is 10.4 Å². The Morgan fingerprint density at radius 2 is 2.20 bits per heavy atom. The molecule has 0 saturated carbocycles. The van der Waals surface area contributed by atoms with Gasteiger partial charge < -0.3 is 9.64 Å². The van der Waals surface area contributed by atoms with Crippen molar-refractivity contribution in [2.45, 2.75) is 0 Å². The fourth-order valence-corrected chi connectivity index (χ4v) is 1.26. The summed E-state index contributed by atoms with van der Waals surface area (Å²) in [7, 11) is 3.93. The molecule has 0 bridgehead atoms. The Kier molecular flexibility index (Phi) is 4.59. The second-order valence-electron chi connectivity index (χ2n) is 3.45. The Morgan fingerprint density at radius 1 is 1.47 bits per heavy atom. The van der Waals surface area contributed by atoms with Gasteiger partial charge in [-0.05, 0) is 32.3 Å². The lowest BCUT2D eigenvalue weighted by molar-refractivity contribution is 0.111. The van der Waals surface area contributed by atoms with E-state index >= 15 is 0 Å². The monoisotopic (exact) mass is 227 g/mol. The number of ether oxygens (including phenoxy) is 1. The van der Waals surface area contributed by atoms with Crippen LogP contribution in [0.3, 0.4) is 0 Å². The van der Waals surface area contributed by atoms with Gasteiger partial charge in [-0.1, -0.05) is 11.6 Å². The highest BCUT2D eigenvalue weighted by Crippen LogP contribution is 2.21. The standard InChI is InChI=1S/C11H14ClNO2/c1-13(2)5-6-15-11-4-3-10(12)7-9(11)8-14/h3-4,7-8H,5-6H2,1-2H3. The summed E-state index contributed by atoms with van der Waals surface area (Å²) in [4.78, 5) is 12.7. The normalized spacial score (nSPS) is 10.4. The van der Waals surface area contributed by atoms with Gasteiger partial charge in [0.05, 0.1) is 5.56 Å². The predicted molar refractivity (Wildman–Crippen MR) is 60.9 cm³/mol. The number of hydrogen-bond acceptors (Lipinski definition) is 3. The Morgan fingerprint density at radius 3 is 2.80 bits per heavy atom. The van der Waals surface area contributed by atoms with Gasteiger partial charge in [0, 0.05) is 11.6 Å². The quantitative estimate of drug-likeness (QED) is 0.722. The summed E-state index contributed by atoms with van der Waals surface area (Å²) in [6.45, 7) is 1.36. The van der Waals surface area contributed by atoms with Crippen LogP contribution >= 0.6 is 11.6 Å². The van der Waals surface area contributed by atoms with Crippen LogP contribution in [0, 0.1) is 0 Å². The molecule has 3 nitrogen and oxygen atoms in total. The van der Waals surface area contributed by atoms with Crippen LogP contribution in [-0.4, -0.2) is 38.4 Å². The van der Waals surface area contributed by atoms with E-state index in [-0.39, 0.29) is 0 Å². The maximum atomic E-state index is 10.7. The van der Waals surface area contributed by atoms with E-state index in [4.69, 9.17) is 16.3 Å². The number of benzene rings is 1. The van der Waals surface area contributed by atoms with Gasteiger partial charge in [-0.15, -0.1) is 0 Å². The molecule has 0 atom stereocenters. The Balaban J connectivity index is 2.64. The minimum absolute atomic E-state index is 0.487. The molecule has 0 N–H and O–H groups in total. The molecule has 0 unspecified atom stereocenters. The van der Waals surface area contributed by atoms with Crippen molar-refractivity contribution in [2.24, 2.45) is 0 Å². The van der Waals surface area contributed by atoms with Crippen LogP contribution in [0.4, 0.5) is 0 Å². The number of aldehydes is 1. The third kappa shape index (κ3) is 3.90. The highest BCUT2D eigenvalue weighted by Gasteiger charge is 2.03. The van der Waals surface area contributed by atoms with Crippen molar-refractivity contribution in [1.82, 2.24) is 4.90 Å². The molecule has 0 aliphatic rings. The van der Waals surface area contributed by atoms with Crippen LogP contribution in [0.2, 0.25) is 5.02 Å². The van der Waals surface area contributed by atoms with Crippen molar-refractivity contribution in [3.8, 4) is 5.75 Å². The highest BCUT2D eigenvalue weighted by atomic mass is 35.5. The summed E-state index contributed by atoms with van der Waals surface area (Å²) in [6, 6.07) is 5.01. The molecular formula is C11H14ClNO2. The number of halogens is 1. The van der Waals surface area contributed by atoms with Crippen LogP contribution in [0.5, 0.6) is 5.75 Å². The molecule has 15 heavy (non-hydrogen) atoms. The summed E-state index contributed by atoms with van der Waals surface area (Å²) < 4.78 is 5.46. The van der Waals surface area contributed by atoms with Crippen molar-refractivity contribution >= 4 is 17.9 Å². The lowest BCUT2D eigenvalue weighted by atomic mass is 10.2. The minimum atomic E-state index is 0.487. The first-order chi connectivity index (χ1) is 7.13. The molecule has 0 aromatic heterocycles. The summed E-state index contributed by atoms with van der Waals surface area (Å²) in [5.41, 5.74) is 0.487. The molecule has 0 heterocycles. The second kappa shape index (κ2) is 5.73. The first kappa shape index (κ1) is 12.0. The largest absolute Gasteiger partial charge is 0.492 e. The molecule has 0 amide bonds. The lowest BCUT2D eigenvalue weighted by Crippen LogP contribution is -2.19. The summed E-state index contributed by atoms with van der Waals surface area (Å²) in [5.74, 6) is 0.580. The van der Waals surface area contributed by atoms with E-state index in [0.717, 1.165) is 12.8 Å². The van der Waals surface area contributed by atoms with E-state index in [1.54, 1.807) is 18.2 Å². The molecular weight excluding hydrogens is 214 g/mol. The van der Waals surface area contributed by atoms with Crippen molar-refractivity contribution in [3.05, 3.63) is 28.8 Å². The number of carbonyl (C=O) groups excluding carboxylic acids is 1. The van der Waals surface area contributed by atoms with Gasteiger partial charge >= 0.3 is 0 Å². The summed E-state index contributed by atoms with van der Waals surface area (Å²) >= 11 is 5.76. The van der Waals surface area contributed by atoms with Gasteiger partial charge in [-0.25, -0.2) is 0 Å². The van der Waals surface area contributed by atoms with E-state index in [2.05, 4.69) is 0 Å². The van der Waals surface area contributed by atoms with Gasteiger partial charge in [-0.2, -0.15) is 0 Å². The zero-order valence-electron chi connectivity index (χ0n) is 8.87.